The monoisotopic (exact) mass is 318 g/mol. The lowest BCUT2D eigenvalue weighted by molar-refractivity contribution is 0.0725. The number of rotatable bonds is 6. The molecule has 124 valence electrons. The van der Waals surface area contributed by atoms with Crippen LogP contribution in [0.4, 0.5) is 4.39 Å². The van der Waals surface area contributed by atoms with E-state index in [-0.39, 0.29) is 11.5 Å². The molecule has 1 aromatic heterocycles. The van der Waals surface area contributed by atoms with Gasteiger partial charge in [-0.25, -0.2) is 9.37 Å². The Hall–Kier alpha value is -2.21. The molecule has 0 fully saturated rings. The standard InChI is InChI=1S/C17H23FN4O/c1-12-6-5-7-14(16(12)18)17(23)22(9-8-21(3)4)10-15-13(2)19-11-20-15/h5-7,11H,8-10H2,1-4H3,(H,19,20). The van der Waals surface area contributed by atoms with Gasteiger partial charge in [-0.2, -0.15) is 0 Å². The highest BCUT2D eigenvalue weighted by Crippen LogP contribution is 2.16. The number of benzene rings is 1. The van der Waals surface area contributed by atoms with E-state index in [1.165, 1.54) is 6.07 Å². The van der Waals surface area contributed by atoms with Crippen molar-refractivity contribution >= 4 is 5.91 Å². The molecule has 0 bridgehead atoms. The second-order valence-corrected chi connectivity index (χ2v) is 5.94. The Bertz CT molecular complexity index is 681. The van der Waals surface area contributed by atoms with E-state index in [2.05, 4.69) is 9.97 Å². The van der Waals surface area contributed by atoms with Crippen LogP contribution in [0.15, 0.2) is 24.5 Å². The Morgan fingerprint density at radius 2 is 2.00 bits per heavy atom. The second-order valence-electron chi connectivity index (χ2n) is 5.94. The number of aryl methyl sites for hydroxylation is 2. The SMILES string of the molecule is Cc1cccc(C(=O)N(CCN(C)C)Cc2nc[nH]c2C)c1F. The van der Waals surface area contributed by atoms with Gasteiger partial charge in [0.05, 0.1) is 24.1 Å². The van der Waals surface area contributed by atoms with Gasteiger partial charge in [0.2, 0.25) is 0 Å². The molecule has 1 N–H and O–H groups in total. The van der Waals surface area contributed by atoms with Crippen LogP contribution in [0.25, 0.3) is 0 Å². The van der Waals surface area contributed by atoms with Gasteiger partial charge < -0.3 is 14.8 Å². The molecule has 23 heavy (non-hydrogen) atoms. The molecule has 0 saturated heterocycles. The van der Waals surface area contributed by atoms with E-state index in [4.69, 9.17) is 0 Å². The Morgan fingerprint density at radius 3 is 2.61 bits per heavy atom. The fourth-order valence-electron chi connectivity index (χ4n) is 2.28. The number of carbonyl (C=O) groups excluding carboxylic acids is 1. The number of imidazole rings is 1. The number of hydrogen-bond donors (Lipinski definition) is 1. The number of halogens is 1. The summed E-state index contributed by atoms with van der Waals surface area (Å²) in [6, 6.07) is 4.90. The summed E-state index contributed by atoms with van der Waals surface area (Å²) in [6.07, 6.45) is 1.60. The molecule has 0 saturated carbocycles. The molecule has 2 rings (SSSR count). The molecule has 0 unspecified atom stereocenters. The van der Waals surface area contributed by atoms with Gasteiger partial charge in [0, 0.05) is 18.8 Å². The molecule has 0 atom stereocenters. The minimum Gasteiger partial charge on any atom is -0.348 e. The highest BCUT2D eigenvalue weighted by Gasteiger charge is 2.21. The lowest BCUT2D eigenvalue weighted by Gasteiger charge is -2.24. The molecular weight excluding hydrogens is 295 g/mol. The molecule has 0 aliphatic carbocycles. The van der Waals surface area contributed by atoms with Gasteiger partial charge in [-0.3, -0.25) is 4.79 Å². The minimum absolute atomic E-state index is 0.108. The first-order valence-electron chi connectivity index (χ1n) is 7.58. The molecule has 1 aromatic carbocycles. The molecular formula is C17H23FN4O. The smallest absolute Gasteiger partial charge is 0.257 e. The lowest BCUT2D eigenvalue weighted by Crippen LogP contribution is -2.37. The van der Waals surface area contributed by atoms with Crippen molar-refractivity contribution < 1.29 is 9.18 Å². The van der Waals surface area contributed by atoms with Gasteiger partial charge in [0.15, 0.2) is 0 Å². The summed E-state index contributed by atoms with van der Waals surface area (Å²) in [5.41, 5.74) is 2.29. The van der Waals surface area contributed by atoms with Gasteiger partial charge in [0.1, 0.15) is 5.82 Å². The third kappa shape index (κ3) is 4.16. The zero-order valence-corrected chi connectivity index (χ0v) is 14.1. The molecule has 0 aliphatic rings. The molecule has 0 aliphatic heterocycles. The van der Waals surface area contributed by atoms with Gasteiger partial charge in [0.25, 0.3) is 5.91 Å². The number of carbonyl (C=O) groups is 1. The van der Waals surface area contributed by atoms with Gasteiger partial charge in [-0.1, -0.05) is 12.1 Å². The number of hydrogen-bond acceptors (Lipinski definition) is 3. The van der Waals surface area contributed by atoms with Crippen LogP contribution in [0.5, 0.6) is 0 Å². The Morgan fingerprint density at radius 1 is 1.26 bits per heavy atom. The number of likely N-dealkylation sites (N-methyl/N-ethyl adjacent to an activating group) is 1. The minimum atomic E-state index is -0.453. The summed E-state index contributed by atoms with van der Waals surface area (Å²) in [5.74, 6) is -0.762. The zero-order chi connectivity index (χ0) is 17.0. The van der Waals surface area contributed by atoms with Crippen LogP contribution in [0, 0.1) is 19.7 Å². The number of nitrogens with one attached hydrogen (secondary N) is 1. The van der Waals surface area contributed by atoms with Crippen LogP contribution in [0.3, 0.4) is 0 Å². The maximum Gasteiger partial charge on any atom is 0.257 e. The third-order valence-corrected chi connectivity index (χ3v) is 3.80. The second kappa shape index (κ2) is 7.37. The highest BCUT2D eigenvalue weighted by atomic mass is 19.1. The van der Waals surface area contributed by atoms with Crippen LogP contribution < -0.4 is 0 Å². The maximum atomic E-state index is 14.3. The average Bonchev–Trinajstić information content (AvgIpc) is 2.90. The Balaban J connectivity index is 2.26. The first kappa shape index (κ1) is 17.1. The Kier molecular flexibility index (Phi) is 5.50. The van der Waals surface area contributed by atoms with E-state index in [9.17, 15) is 9.18 Å². The van der Waals surface area contributed by atoms with Gasteiger partial charge in [-0.05, 0) is 39.6 Å². The first-order valence-corrected chi connectivity index (χ1v) is 7.58. The number of H-pyrrole nitrogens is 1. The predicted molar refractivity (Wildman–Crippen MR) is 87.8 cm³/mol. The third-order valence-electron chi connectivity index (χ3n) is 3.80. The average molecular weight is 318 g/mol. The van der Waals surface area contributed by atoms with Crippen LogP contribution in [-0.2, 0) is 6.54 Å². The zero-order valence-electron chi connectivity index (χ0n) is 14.1. The van der Waals surface area contributed by atoms with E-state index in [1.807, 2.05) is 25.9 Å². The Labute approximate surface area is 136 Å². The van der Waals surface area contributed by atoms with Crippen LogP contribution >= 0.6 is 0 Å². The normalized spacial score (nSPS) is 11.0. The molecule has 2 aromatic rings. The van der Waals surface area contributed by atoms with Crippen molar-refractivity contribution in [2.45, 2.75) is 20.4 Å². The summed E-state index contributed by atoms with van der Waals surface area (Å²) >= 11 is 0. The van der Waals surface area contributed by atoms with Crippen molar-refractivity contribution in [1.82, 2.24) is 19.8 Å². The van der Waals surface area contributed by atoms with E-state index >= 15 is 0 Å². The summed E-state index contributed by atoms with van der Waals surface area (Å²) in [4.78, 5) is 23.7. The largest absolute Gasteiger partial charge is 0.348 e. The fraction of sp³-hybridized carbons (Fsp3) is 0.412. The molecule has 1 amide bonds. The van der Waals surface area contributed by atoms with Gasteiger partial charge >= 0.3 is 0 Å². The molecule has 5 nitrogen and oxygen atoms in total. The van der Waals surface area contributed by atoms with Crippen molar-refractivity contribution in [2.75, 3.05) is 27.2 Å². The first-order chi connectivity index (χ1) is 10.9. The highest BCUT2D eigenvalue weighted by molar-refractivity contribution is 5.94. The molecule has 0 spiro atoms. The van der Waals surface area contributed by atoms with E-state index in [1.54, 1.807) is 30.3 Å². The van der Waals surface area contributed by atoms with Crippen molar-refractivity contribution in [2.24, 2.45) is 0 Å². The molecule has 0 radical (unpaired) electrons. The van der Waals surface area contributed by atoms with Crippen LogP contribution in [-0.4, -0.2) is 52.9 Å². The molecule has 6 heteroatoms. The summed E-state index contributed by atoms with van der Waals surface area (Å²) in [5, 5.41) is 0. The number of aromatic nitrogens is 2. The van der Waals surface area contributed by atoms with E-state index < -0.39 is 5.82 Å². The predicted octanol–water partition coefficient (Wildman–Crippen LogP) is 2.37. The van der Waals surface area contributed by atoms with Crippen molar-refractivity contribution in [1.29, 1.82) is 0 Å². The summed E-state index contributed by atoms with van der Waals surface area (Å²) in [7, 11) is 3.88. The van der Waals surface area contributed by atoms with E-state index in [0.717, 1.165) is 11.4 Å². The quantitative estimate of drug-likeness (QED) is 0.889. The summed E-state index contributed by atoms with van der Waals surface area (Å²) in [6.45, 7) is 5.13. The molecule has 1 heterocycles. The van der Waals surface area contributed by atoms with E-state index in [0.29, 0.717) is 25.2 Å². The van der Waals surface area contributed by atoms with Crippen molar-refractivity contribution in [3.05, 3.63) is 52.9 Å². The lowest BCUT2D eigenvalue weighted by atomic mass is 10.1. The number of amides is 1. The summed E-state index contributed by atoms with van der Waals surface area (Å²) < 4.78 is 14.3. The van der Waals surface area contributed by atoms with Crippen LogP contribution in [0.1, 0.15) is 27.3 Å². The number of nitrogens with zero attached hydrogens (tertiary/aromatic N) is 3. The maximum absolute atomic E-state index is 14.3. The van der Waals surface area contributed by atoms with Crippen molar-refractivity contribution in [3.8, 4) is 0 Å². The fourth-order valence-corrected chi connectivity index (χ4v) is 2.28. The number of aromatic amines is 1. The van der Waals surface area contributed by atoms with Gasteiger partial charge in [-0.15, -0.1) is 0 Å². The van der Waals surface area contributed by atoms with Crippen LogP contribution in [0.2, 0.25) is 0 Å². The van der Waals surface area contributed by atoms with Crippen molar-refractivity contribution in [3.63, 3.8) is 0 Å². The topological polar surface area (TPSA) is 52.2 Å².